The van der Waals surface area contributed by atoms with Crippen LogP contribution in [0.1, 0.15) is 24.0 Å². The second kappa shape index (κ2) is 10.6. The molecule has 7 heteroatoms. The van der Waals surface area contributed by atoms with Gasteiger partial charge in [-0.05, 0) is 54.7 Å². The van der Waals surface area contributed by atoms with Gasteiger partial charge in [0.1, 0.15) is 5.75 Å². The van der Waals surface area contributed by atoms with Crippen molar-refractivity contribution in [1.29, 1.82) is 0 Å². The van der Waals surface area contributed by atoms with Crippen molar-refractivity contribution < 1.29 is 19.4 Å². The molecule has 7 nitrogen and oxygen atoms in total. The number of likely N-dealkylation sites (tertiary alicyclic amines) is 1. The summed E-state index contributed by atoms with van der Waals surface area (Å²) in [4.78, 5) is 26.2. The number of aliphatic hydroxyl groups is 1. The van der Waals surface area contributed by atoms with Crippen LogP contribution in [0.15, 0.2) is 48.5 Å². The van der Waals surface area contributed by atoms with Gasteiger partial charge in [-0.2, -0.15) is 0 Å². The molecule has 1 heterocycles. The van der Waals surface area contributed by atoms with Gasteiger partial charge in [0.2, 0.25) is 5.91 Å². The molecule has 0 unspecified atom stereocenters. The Morgan fingerprint density at radius 2 is 1.67 bits per heavy atom. The van der Waals surface area contributed by atoms with Gasteiger partial charge in [0.15, 0.2) is 0 Å². The van der Waals surface area contributed by atoms with Crippen molar-refractivity contribution in [2.75, 3.05) is 32.1 Å². The smallest absolute Gasteiger partial charge is 0.319 e. The first-order valence-corrected chi connectivity index (χ1v) is 10.3. The van der Waals surface area contributed by atoms with E-state index in [0.29, 0.717) is 44.6 Å². The summed E-state index contributed by atoms with van der Waals surface area (Å²) < 4.78 is 5.13. The van der Waals surface area contributed by atoms with E-state index in [1.165, 1.54) is 0 Å². The van der Waals surface area contributed by atoms with Crippen molar-refractivity contribution >= 4 is 17.6 Å². The molecule has 0 atom stereocenters. The number of aliphatic hydroxyl groups excluding tert-OH is 1. The predicted molar refractivity (Wildman–Crippen MR) is 116 cm³/mol. The lowest BCUT2D eigenvalue weighted by atomic mass is 10.1. The number of benzene rings is 2. The number of piperidine rings is 1. The summed E-state index contributed by atoms with van der Waals surface area (Å²) >= 11 is 0. The fourth-order valence-corrected chi connectivity index (χ4v) is 3.40. The maximum absolute atomic E-state index is 12.4. The van der Waals surface area contributed by atoms with E-state index in [0.717, 1.165) is 23.3 Å². The lowest BCUT2D eigenvalue weighted by Gasteiger charge is -2.29. The van der Waals surface area contributed by atoms with E-state index in [2.05, 4.69) is 10.6 Å². The van der Waals surface area contributed by atoms with Crippen LogP contribution in [-0.2, 0) is 17.6 Å². The largest absolute Gasteiger partial charge is 0.497 e. The Morgan fingerprint density at radius 1 is 1.03 bits per heavy atom. The molecule has 3 N–H and O–H groups in total. The van der Waals surface area contributed by atoms with Crippen LogP contribution in [-0.4, -0.2) is 54.8 Å². The van der Waals surface area contributed by atoms with Gasteiger partial charge in [0.25, 0.3) is 0 Å². The van der Waals surface area contributed by atoms with Crippen molar-refractivity contribution in [1.82, 2.24) is 10.2 Å². The van der Waals surface area contributed by atoms with E-state index >= 15 is 0 Å². The van der Waals surface area contributed by atoms with E-state index < -0.39 is 0 Å². The summed E-state index contributed by atoms with van der Waals surface area (Å²) in [5, 5.41) is 15.2. The highest BCUT2D eigenvalue weighted by Gasteiger charge is 2.21. The summed E-state index contributed by atoms with van der Waals surface area (Å²) in [7, 11) is 1.63. The zero-order chi connectivity index (χ0) is 21.3. The van der Waals surface area contributed by atoms with E-state index in [1.54, 1.807) is 24.1 Å². The van der Waals surface area contributed by atoms with Crippen molar-refractivity contribution in [3.05, 3.63) is 59.7 Å². The Bertz CT molecular complexity index is 829. The Balaban J connectivity index is 1.39. The average Bonchev–Trinajstić information content (AvgIpc) is 2.76. The summed E-state index contributed by atoms with van der Waals surface area (Å²) in [6, 6.07) is 14.8. The predicted octanol–water partition coefficient (Wildman–Crippen LogP) is 2.59. The number of anilines is 1. The molecule has 3 rings (SSSR count). The van der Waals surface area contributed by atoms with Crippen LogP contribution in [0.25, 0.3) is 0 Å². The summed E-state index contributed by atoms with van der Waals surface area (Å²) in [5.74, 6) is 0.878. The van der Waals surface area contributed by atoms with E-state index in [9.17, 15) is 14.7 Å². The Labute approximate surface area is 177 Å². The summed E-state index contributed by atoms with van der Waals surface area (Å²) in [6.07, 6.45) is 2.04. The average molecular weight is 412 g/mol. The van der Waals surface area contributed by atoms with Crippen molar-refractivity contribution in [3.63, 3.8) is 0 Å². The number of urea groups is 1. The number of carbonyl (C=O) groups excluding carboxylic acids is 2. The van der Waals surface area contributed by atoms with Crippen molar-refractivity contribution in [2.45, 2.75) is 31.8 Å². The molecule has 160 valence electrons. The second-order valence-electron chi connectivity index (χ2n) is 7.46. The normalized spacial score (nSPS) is 14.3. The van der Waals surface area contributed by atoms with Crippen LogP contribution in [0.3, 0.4) is 0 Å². The van der Waals surface area contributed by atoms with Crippen LogP contribution >= 0.6 is 0 Å². The number of nitrogens with one attached hydrogen (secondary N) is 2. The molecule has 2 aromatic rings. The van der Waals surface area contributed by atoms with E-state index in [4.69, 9.17) is 4.74 Å². The minimum atomic E-state index is -0.290. The molecule has 0 saturated carbocycles. The third kappa shape index (κ3) is 6.49. The molecule has 0 spiro atoms. The molecule has 0 bridgehead atoms. The van der Waals surface area contributed by atoms with Gasteiger partial charge in [0, 0.05) is 25.3 Å². The number of amides is 3. The Kier molecular flexibility index (Phi) is 7.68. The first kappa shape index (κ1) is 21.6. The highest BCUT2D eigenvalue weighted by molar-refractivity contribution is 5.89. The van der Waals surface area contributed by atoms with Crippen LogP contribution in [0, 0.1) is 0 Å². The van der Waals surface area contributed by atoms with Gasteiger partial charge in [-0.1, -0.05) is 24.3 Å². The van der Waals surface area contributed by atoms with Gasteiger partial charge in [0.05, 0.1) is 19.6 Å². The Morgan fingerprint density at radius 3 is 2.30 bits per heavy atom. The minimum absolute atomic E-state index is 0.0684. The number of carbonyl (C=O) groups is 2. The van der Waals surface area contributed by atoms with Crippen LogP contribution < -0.4 is 15.4 Å². The maximum atomic E-state index is 12.4. The van der Waals surface area contributed by atoms with Gasteiger partial charge in [-0.25, -0.2) is 4.79 Å². The molecule has 2 aromatic carbocycles. The lowest BCUT2D eigenvalue weighted by molar-refractivity contribution is -0.132. The molecule has 0 radical (unpaired) electrons. The van der Waals surface area contributed by atoms with Gasteiger partial charge < -0.3 is 25.4 Å². The molecule has 30 heavy (non-hydrogen) atoms. The fourth-order valence-electron chi connectivity index (χ4n) is 3.40. The third-order valence-electron chi connectivity index (χ3n) is 5.24. The van der Waals surface area contributed by atoms with Gasteiger partial charge in [-0.3, -0.25) is 4.79 Å². The molecule has 1 saturated heterocycles. The SMILES string of the molecule is COc1ccc(CCNC(=O)Nc2ccc(CC(=O)N3CCC(O)CC3)cc2)cc1. The number of hydrogen-bond acceptors (Lipinski definition) is 4. The second-order valence-corrected chi connectivity index (χ2v) is 7.46. The molecule has 1 fully saturated rings. The molecule has 0 aliphatic carbocycles. The summed E-state index contributed by atoms with van der Waals surface area (Å²) in [6.45, 7) is 1.74. The van der Waals surface area contributed by atoms with E-state index in [1.807, 2.05) is 36.4 Å². The zero-order valence-electron chi connectivity index (χ0n) is 17.3. The monoisotopic (exact) mass is 411 g/mol. The van der Waals surface area contributed by atoms with Crippen LogP contribution in [0.5, 0.6) is 5.75 Å². The molecule has 0 aromatic heterocycles. The molecular formula is C23H29N3O4. The summed E-state index contributed by atoms with van der Waals surface area (Å²) in [5.41, 5.74) is 2.69. The Hall–Kier alpha value is -3.06. The fraction of sp³-hybridized carbons (Fsp3) is 0.391. The lowest BCUT2D eigenvalue weighted by Crippen LogP contribution is -2.40. The number of nitrogens with zero attached hydrogens (tertiary/aromatic N) is 1. The maximum Gasteiger partial charge on any atom is 0.319 e. The molecule has 3 amide bonds. The first-order chi connectivity index (χ1) is 14.5. The highest BCUT2D eigenvalue weighted by Crippen LogP contribution is 2.15. The minimum Gasteiger partial charge on any atom is -0.497 e. The molecule has 1 aliphatic rings. The molecule has 1 aliphatic heterocycles. The number of hydrogen-bond donors (Lipinski definition) is 3. The number of rotatable bonds is 7. The van der Waals surface area contributed by atoms with Crippen molar-refractivity contribution in [2.24, 2.45) is 0 Å². The van der Waals surface area contributed by atoms with Gasteiger partial charge >= 0.3 is 6.03 Å². The number of ether oxygens (including phenoxy) is 1. The third-order valence-corrected chi connectivity index (χ3v) is 5.24. The van der Waals surface area contributed by atoms with E-state index in [-0.39, 0.29) is 18.0 Å². The number of methoxy groups -OCH3 is 1. The zero-order valence-corrected chi connectivity index (χ0v) is 17.3. The van der Waals surface area contributed by atoms with Crippen LogP contribution in [0.4, 0.5) is 10.5 Å². The highest BCUT2D eigenvalue weighted by atomic mass is 16.5. The van der Waals surface area contributed by atoms with Gasteiger partial charge in [-0.15, -0.1) is 0 Å². The standard InChI is InChI=1S/C23H29N3O4/c1-30-21-8-4-17(5-9-21)10-13-24-23(29)25-19-6-2-18(3-7-19)16-22(28)26-14-11-20(27)12-15-26/h2-9,20,27H,10-16H2,1H3,(H2,24,25,29). The van der Waals surface area contributed by atoms with Crippen LogP contribution in [0.2, 0.25) is 0 Å². The topological polar surface area (TPSA) is 90.9 Å². The molecular weight excluding hydrogens is 382 g/mol. The van der Waals surface area contributed by atoms with Crippen molar-refractivity contribution in [3.8, 4) is 5.75 Å². The quantitative estimate of drug-likeness (QED) is 0.653. The first-order valence-electron chi connectivity index (χ1n) is 10.3.